The topological polar surface area (TPSA) is 75.7 Å². The zero-order valence-electron chi connectivity index (χ0n) is 14.5. The molecule has 134 valence electrons. The van der Waals surface area contributed by atoms with Gasteiger partial charge in [-0.3, -0.25) is 9.52 Å². The molecule has 0 heterocycles. The number of methoxy groups -OCH3 is 1. The molecule has 7 heteroatoms. The Morgan fingerprint density at radius 1 is 1.08 bits per heavy atom. The number of rotatable bonds is 7. The van der Waals surface area contributed by atoms with Crippen LogP contribution in [0.25, 0.3) is 0 Å². The van der Waals surface area contributed by atoms with E-state index in [1.54, 1.807) is 50.2 Å². The lowest BCUT2D eigenvalue weighted by atomic mass is 10.1. The molecule has 25 heavy (non-hydrogen) atoms. The third-order valence-electron chi connectivity index (χ3n) is 3.71. The number of hydrogen-bond donors (Lipinski definition) is 1. The summed E-state index contributed by atoms with van der Waals surface area (Å²) in [5, 5.41) is 0. The molecular weight excluding hydrogens is 340 g/mol. The van der Waals surface area contributed by atoms with E-state index in [4.69, 9.17) is 4.74 Å². The molecule has 0 saturated heterocycles. The van der Waals surface area contributed by atoms with Gasteiger partial charge in [0.05, 0.1) is 12.9 Å². The highest BCUT2D eigenvalue weighted by Crippen LogP contribution is 2.16. The summed E-state index contributed by atoms with van der Waals surface area (Å²) in [6.07, 6.45) is 0. The molecule has 0 aliphatic carbocycles. The van der Waals surface area contributed by atoms with Crippen LogP contribution in [0.5, 0.6) is 5.75 Å². The van der Waals surface area contributed by atoms with Gasteiger partial charge in [0.1, 0.15) is 5.75 Å². The quantitative estimate of drug-likeness (QED) is 0.822. The molecule has 1 N–H and O–H groups in total. The molecule has 1 amide bonds. The summed E-state index contributed by atoms with van der Waals surface area (Å²) in [5.74, 6) is 0.627. The fourth-order valence-electron chi connectivity index (χ4n) is 2.23. The predicted molar refractivity (Wildman–Crippen MR) is 98.3 cm³/mol. The first-order chi connectivity index (χ1) is 11.8. The standard InChI is InChI=1S/C18H22N2O4S/c1-4-25(22,23)19-16-9-7-15(8-10-16)18(21)20(2)13-14-5-11-17(24-3)12-6-14/h5-12,19H,4,13H2,1-3H3. The van der Waals surface area contributed by atoms with Crippen molar-refractivity contribution in [1.82, 2.24) is 4.90 Å². The van der Waals surface area contributed by atoms with Crippen molar-refractivity contribution in [3.05, 3.63) is 59.7 Å². The van der Waals surface area contributed by atoms with Gasteiger partial charge >= 0.3 is 0 Å². The summed E-state index contributed by atoms with van der Waals surface area (Å²) >= 11 is 0. The fraction of sp³-hybridized carbons (Fsp3) is 0.278. The summed E-state index contributed by atoms with van der Waals surface area (Å²) in [7, 11) is 0.00453. The van der Waals surface area contributed by atoms with Crippen molar-refractivity contribution in [2.75, 3.05) is 24.6 Å². The molecule has 0 spiro atoms. The largest absolute Gasteiger partial charge is 0.497 e. The lowest BCUT2D eigenvalue weighted by Crippen LogP contribution is -2.26. The van der Waals surface area contributed by atoms with Gasteiger partial charge in [-0.1, -0.05) is 12.1 Å². The van der Waals surface area contributed by atoms with Gasteiger partial charge in [-0.25, -0.2) is 8.42 Å². The second-order valence-electron chi connectivity index (χ2n) is 5.59. The maximum atomic E-state index is 12.5. The van der Waals surface area contributed by atoms with Crippen LogP contribution in [0.1, 0.15) is 22.8 Å². The van der Waals surface area contributed by atoms with Gasteiger partial charge in [-0.2, -0.15) is 0 Å². The van der Waals surface area contributed by atoms with Gasteiger partial charge < -0.3 is 9.64 Å². The molecule has 0 atom stereocenters. The minimum absolute atomic E-state index is 0.00171. The van der Waals surface area contributed by atoms with Crippen molar-refractivity contribution in [3.8, 4) is 5.75 Å². The molecule has 0 fully saturated rings. The number of ether oxygens (including phenoxy) is 1. The average Bonchev–Trinajstić information content (AvgIpc) is 2.62. The van der Waals surface area contributed by atoms with Gasteiger partial charge in [0.25, 0.3) is 5.91 Å². The van der Waals surface area contributed by atoms with E-state index in [-0.39, 0.29) is 11.7 Å². The number of amides is 1. The highest BCUT2D eigenvalue weighted by atomic mass is 32.2. The highest BCUT2D eigenvalue weighted by molar-refractivity contribution is 7.92. The van der Waals surface area contributed by atoms with Crippen LogP contribution < -0.4 is 9.46 Å². The summed E-state index contributed by atoms with van der Waals surface area (Å²) in [4.78, 5) is 14.1. The zero-order chi connectivity index (χ0) is 18.4. The molecule has 2 aromatic carbocycles. The molecule has 0 aliphatic rings. The third kappa shape index (κ3) is 5.22. The second kappa shape index (κ2) is 8.02. The Balaban J connectivity index is 2.03. The number of hydrogen-bond acceptors (Lipinski definition) is 4. The Hall–Kier alpha value is -2.54. The van der Waals surface area contributed by atoms with Crippen LogP contribution in [0.3, 0.4) is 0 Å². The molecule has 0 aromatic heterocycles. The third-order valence-corrected chi connectivity index (χ3v) is 5.02. The van der Waals surface area contributed by atoms with Crippen LogP contribution in [0.4, 0.5) is 5.69 Å². The minimum atomic E-state index is -3.32. The maximum absolute atomic E-state index is 12.5. The van der Waals surface area contributed by atoms with E-state index >= 15 is 0 Å². The van der Waals surface area contributed by atoms with Crippen molar-refractivity contribution >= 4 is 21.6 Å². The van der Waals surface area contributed by atoms with E-state index < -0.39 is 10.0 Å². The van der Waals surface area contributed by atoms with Gasteiger partial charge in [0.15, 0.2) is 0 Å². The highest BCUT2D eigenvalue weighted by Gasteiger charge is 2.13. The van der Waals surface area contributed by atoms with Gasteiger partial charge in [0.2, 0.25) is 10.0 Å². The van der Waals surface area contributed by atoms with Crippen molar-refractivity contribution in [2.24, 2.45) is 0 Å². The van der Waals surface area contributed by atoms with Crippen molar-refractivity contribution < 1.29 is 17.9 Å². The number of sulfonamides is 1. The van der Waals surface area contributed by atoms with E-state index in [1.165, 1.54) is 0 Å². The number of anilines is 1. The summed E-state index contributed by atoms with van der Waals surface area (Å²) < 4.78 is 30.7. The smallest absolute Gasteiger partial charge is 0.253 e. The number of carbonyl (C=O) groups is 1. The number of nitrogens with one attached hydrogen (secondary N) is 1. The average molecular weight is 362 g/mol. The zero-order valence-corrected chi connectivity index (χ0v) is 15.3. The summed E-state index contributed by atoms with van der Waals surface area (Å²) in [6.45, 7) is 2.03. The number of benzene rings is 2. The SMILES string of the molecule is CCS(=O)(=O)Nc1ccc(C(=O)N(C)Cc2ccc(OC)cc2)cc1. The Labute approximate surface area is 148 Å². The molecule has 0 unspecified atom stereocenters. The van der Waals surface area contributed by atoms with Crippen LogP contribution >= 0.6 is 0 Å². The Morgan fingerprint density at radius 2 is 1.68 bits per heavy atom. The normalized spacial score (nSPS) is 11.0. The summed E-state index contributed by atoms with van der Waals surface area (Å²) in [6, 6.07) is 13.9. The Bertz CT molecular complexity index is 815. The first-order valence-corrected chi connectivity index (χ1v) is 9.49. The van der Waals surface area contributed by atoms with Crippen LogP contribution in [0.15, 0.2) is 48.5 Å². The Kier molecular flexibility index (Phi) is 6.03. The van der Waals surface area contributed by atoms with Crippen LogP contribution in [-0.4, -0.2) is 39.1 Å². The van der Waals surface area contributed by atoms with E-state index in [0.717, 1.165) is 11.3 Å². The number of nitrogens with zero attached hydrogens (tertiary/aromatic N) is 1. The van der Waals surface area contributed by atoms with Crippen molar-refractivity contribution in [1.29, 1.82) is 0 Å². The van der Waals surface area contributed by atoms with Crippen LogP contribution in [0.2, 0.25) is 0 Å². The lowest BCUT2D eigenvalue weighted by Gasteiger charge is -2.18. The lowest BCUT2D eigenvalue weighted by molar-refractivity contribution is 0.0785. The molecule has 6 nitrogen and oxygen atoms in total. The molecule has 2 rings (SSSR count). The van der Waals surface area contributed by atoms with Crippen LogP contribution in [0, 0.1) is 0 Å². The predicted octanol–water partition coefficient (Wildman–Crippen LogP) is 2.73. The molecule has 0 aliphatic heterocycles. The minimum Gasteiger partial charge on any atom is -0.497 e. The molecule has 2 aromatic rings. The molecular formula is C18H22N2O4S. The van der Waals surface area contributed by atoms with E-state index in [2.05, 4.69) is 4.72 Å². The monoisotopic (exact) mass is 362 g/mol. The van der Waals surface area contributed by atoms with Gasteiger partial charge in [-0.05, 0) is 48.9 Å². The van der Waals surface area contributed by atoms with Crippen LogP contribution in [-0.2, 0) is 16.6 Å². The first kappa shape index (κ1) is 18.8. The maximum Gasteiger partial charge on any atom is 0.253 e. The number of carbonyl (C=O) groups excluding carboxylic acids is 1. The van der Waals surface area contributed by atoms with E-state index in [0.29, 0.717) is 17.8 Å². The van der Waals surface area contributed by atoms with Crippen molar-refractivity contribution in [2.45, 2.75) is 13.5 Å². The van der Waals surface area contributed by atoms with Crippen molar-refractivity contribution in [3.63, 3.8) is 0 Å². The first-order valence-electron chi connectivity index (χ1n) is 7.83. The molecule has 0 radical (unpaired) electrons. The summed E-state index contributed by atoms with van der Waals surface area (Å²) in [5.41, 5.74) is 1.93. The molecule has 0 bridgehead atoms. The molecule has 0 saturated carbocycles. The van der Waals surface area contributed by atoms with Gasteiger partial charge in [0, 0.05) is 24.8 Å². The van der Waals surface area contributed by atoms with E-state index in [1.807, 2.05) is 24.3 Å². The second-order valence-corrected chi connectivity index (χ2v) is 7.60. The van der Waals surface area contributed by atoms with E-state index in [9.17, 15) is 13.2 Å². The fourth-order valence-corrected chi connectivity index (χ4v) is 2.87. The Morgan fingerprint density at radius 3 is 2.20 bits per heavy atom. The van der Waals surface area contributed by atoms with Gasteiger partial charge in [-0.15, -0.1) is 0 Å².